The normalized spacial score (nSPS) is 18.7. The van der Waals surface area contributed by atoms with Gasteiger partial charge in [0.25, 0.3) is 11.7 Å². The molecule has 0 unspecified atom stereocenters. The van der Waals surface area contributed by atoms with Crippen molar-refractivity contribution in [3.05, 3.63) is 76.1 Å². The van der Waals surface area contributed by atoms with Crippen LogP contribution in [0.15, 0.2) is 48.0 Å². The van der Waals surface area contributed by atoms with E-state index in [9.17, 15) is 19.1 Å². The van der Waals surface area contributed by atoms with Crippen molar-refractivity contribution in [1.29, 1.82) is 0 Å². The second-order valence-corrected chi connectivity index (χ2v) is 7.82. The van der Waals surface area contributed by atoms with Gasteiger partial charge in [-0.3, -0.25) is 9.59 Å². The maximum atomic E-state index is 13.5. The molecule has 0 aliphatic carbocycles. The van der Waals surface area contributed by atoms with Crippen LogP contribution in [0.1, 0.15) is 28.3 Å². The third-order valence-corrected chi connectivity index (χ3v) is 5.23. The fourth-order valence-electron chi connectivity index (χ4n) is 3.58. The number of carbonyl (C=O) groups excluding carboxylic acids is 2. The average Bonchev–Trinajstić information content (AvgIpc) is 2.93. The molecule has 0 radical (unpaired) electrons. The Balaban J connectivity index is 2.19. The quantitative estimate of drug-likeness (QED) is 0.461. The molecule has 1 heterocycles. The first kappa shape index (κ1) is 20.7. The summed E-state index contributed by atoms with van der Waals surface area (Å²) in [5, 5.41) is 11.1. The smallest absolute Gasteiger partial charge is 0.295 e. The number of Topliss-reactive ketones (excluding diaryl/α,β-unsaturated/α-hetero) is 1. The number of carbonyl (C=O) groups is 2. The Labute approximate surface area is 170 Å². The van der Waals surface area contributed by atoms with E-state index >= 15 is 0 Å². The SMILES string of the molecule is Cc1ccc(C)c(C(O)=C2C(=O)C(=O)N(CC[NH+](C)C)[C@H]2c2ccc(F)cc2)c1. The van der Waals surface area contributed by atoms with Crippen LogP contribution in [0.5, 0.6) is 0 Å². The largest absolute Gasteiger partial charge is 0.507 e. The highest BCUT2D eigenvalue weighted by atomic mass is 19.1. The highest BCUT2D eigenvalue weighted by Crippen LogP contribution is 2.39. The van der Waals surface area contributed by atoms with Gasteiger partial charge in [-0.2, -0.15) is 0 Å². The highest BCUT2D eigenvalue weighted by Gasteiger charge is 2.46. The predicted octanol–water partition coefficient (Wildman–Crippen LogP) is 2.01. The topological polar surface area (TPSA) is 62.0 Å². The van der Waals surface area contributed by atoms with Gasteiger partial charge in [0.1, 0.15) is 11.6 Å². The maximum Gasteiger partial charge on any atom is 0.295 e. The molecule has 0 aromatic heterocycles. The number of rotatable bonds is 5. The van der Waals surface area contributed by atoms with Crippen LogP contribution in [0, 0.1) is 19.7 Å². The first-order chi connectivity index (χ1) is 13.7. The van der Waals surface area contributed by atoms with E-state index in [0.29, 0.717) is 24.2 Å². The van der Waals surface area contributed by atoms with Crippen molar-refractivity contribution < 1.29 is 24.0 Å². The lowest BCUT2D eigenvalue weighted by molar-refractivity contribution is -0.857. The summed E-state index contributed by atoms with van der Waals surface area (Å²) in [6, 6.07) is 10.5. The van der Waals surface area contributed by atoms with Gasteiger partial charge in [0, 0.05) is 5.56 Å². The van der Waals surface area contributed by atoms with Gasteiger partial charge in [0.05, 0.1) is 38.8 Å². The van der Waals surface area contributed by atoms with E-state index in [2.05, 4.69) is 0 Å². The van der Waals surface area contributed by atoms with Crippen molar-refractivity contribution in [2.45, 2.75) is 19.9 Å². The van der Waals surface area contributed by atoms with Crippen molar-refractivity contribution in [1.82, 2.24) is 4.90 Å². The Morgan fingerprint density at radius 2 is 1.76 bits per heavy atom. The lowest BCUT2D eigenvalue weighted by Crippen LogP contribution is -3.06. The Morgan fingerprint density at radius 3 is 2.38 bits per heavy atom. The second kappa shape index (κ2) is 8.17. The summed E-state index contributed by atoms with van der Waals surface area (Å²) < 4.78 is 13.5. The monoisotopic (exact) mass is 397 g/mol. The number of hydrogen-bond acceptors (Lipinski definition) is 3. The van der Waals surface area contributed by atoms with Gasteiger partial charge in [-0.1, -0.05) is 29.8 Å². The van der Waals surface area contributed by atoms with Gasteiger partial charge in [0.2, 0.25) is 0 Å². The molecule has 0 bridgehead atoms. The molecule has 1 aliphatic rings. The molecule has 2 N–H and O–H groups in total. The Kier molecular flexibility index (Phi) is 5.84. The number of nitrogens with one attached hydrogen (secondary N) is 1. The van der Waals surface area contributed by atoms with E-state index in [1.165, 1.54) is 17.0 Å². The number of amides is 1. The van der Waals surface area contributed by atoms with Crippen LogP contribution < -0.4 is 4.90 Å². The summed E-state index contributed by atoms with van der Waals surface area (Å²) in [6.07, 6.45) is 0. The summed E-state index contributed by atoms with van der Waals surface area (Å²) in [6.45, 7) is 4.71. The van der Waals surface area contributed by atoms with Crippen molar-refractivity contribution in [2.75, 3.05) is 27.2 Å². The standard InChI is InChI=1S/C23H25FN2O3/c1-14-5-6-15(2)18(13-14)21(27)19-20(16-7-9-17(24)10-8-16)26(12-11-25(3)4)23(29)22(19)28/h5-10,13,20,27H,11-12H2,1-4H3/p+1/t20-/m0/s1. The minimum atomic E-state index is -0.755. The van der Waals surface area contributed by atoms with Crippen molar-refractivity contribution in [2.24, 2.45) is 0 Å². The van der Waals surface area contributed by atoms with Gasteiger partial charge in [-0.15, -0.1) is 0 Å². The molecule has 1 saturated heterocycles. The average molecular weight is 397 g/mol. The molecular formula is C23H26FN2O3+. The zero-order chi connectivity index (χ0) is 21.3. The third-order valence-electron chi connectivity index (χ3n) is 5.23. The number of aryl methyl sites for hydroxylation is 2. The van der Waals surface area contributed by atoms with Crippen molar-refractivity contribution >= 4 is 17.4 Å². The van der Waals surface area contributed by atoms with Gasteiger partial charge >= 0.3 is 0 Å². The van der Waals surface area contributed by atoms with Crippen LogP contribution in [-0.4, -0.2) is 48.9 Å². The van der Waals surface area contributed by atoms with Crippen molar-refractivity contribution in [3.8, 4) is 0 Å². The third kappa shape index (κ3) is 4.07. The van der Waals surface area contributed by atoms with E-state index in [1.807, 2.05) is 40.1 Å². The molecule has 1 fully saturated rings. The number of halogens is 1. The van der Waals surface area contributed by atoms with E-state index in [-0.39, 0.29) is 11.3 Å². The van der Waals surface area contributed by atoms with Gasteiger partial charge < -0.3 is 14.9 Å². The number of likely N-dealkylation sites (N-methyl/N-ethyl adjacent to an activating group) is 1. The van der Waals surface area contributed by atoms with E-state index in [1.54, 1.807) is 18.2 Å². The molecule has 1 aliphatic heterocycles. The molecule has 3 rings (SSSR count). The van der Waals surface area contributed by atoms with E-state index < -0.39 is 23.5 Å². The molecule has 0 saturated carbocycles. The summed E-state index contributed by atoms with van der Waals surface area (Å²) in [5.41, 5.74) is 2.89. The lowest BCUT2D eigenvalue weighted by Gasteiger charge is -2.25. The highest BCUT2D eigenvalue weighted by molar-refractivity contribution is 6.46. The van der Waals surface area contributed by atoms with E-state index in [4.69, 9.17) is 0 Å². The van der Waals surface area contributed by atoms with Crippen LogP contribution in [0.3, 0.4) is 0 Å². The lowest BCUT2D eigenvalue weighted by atomic mass is 9.93. The fraction of sp³-hybridized carbons (Fsp3) is 0.304. The molecule has 0 spiro atoms. The zero-order valence-corrected chi connectivity index (χ0v) is 17.1. The number of likely N-dealkylation sites (tertiary alicyclic amines) is 1. The second-order valence-electron chi connectivity index (χ2n) is 7.82. The van der Waals surface area contributed by atoms with Crippen molar-refractivity contribution in [3.63, 3.8) is 0 Å². The first-order valence-corrected chi connectivity index (χ1v) is 9.61. The minimum absolute atomic E-state index is 0.0454. The van der Waals surface area contributed by atoms with Crippen LogP contribution in [-0.2, 0) is 9.59 Å². The Morgan fingerprint density at radius 1 is 1.10 bits per heavy atom. The van der Waals surface area contributed by atoms with Crippen LogP contribution >= 0.6 is 0 Å². The molecule has 152 valence electrons. The molecule has 1 amide bonds. The molecule has 2 aromatic rings. The summed E-state index contributed by atoms with van der Waals surface area (Å²) >= 11 is 0. The summed E-state index contributed by atoms with van der Waals surface area (Å²) in [7, 11) is 3.92. The number of nitrogens with zero attached hydrogens (tertiary/aromatic N) is 1. The number of quaternary nitrogens is 1. The van der Waals surface area contributed by atoms with Crippen LogP contribution in [0.25, 0.3) is 5.76 Å². The molecule has 1 atom stereocenters. The molecule has 2 aromatic carbocycles. The molecule has 6 heteroatoms. The van der Waals surface area contributed by atoms with E-state index in [0.717, 1.165) is 16.0 Å². The fourth-order valence-corrected chi connectivity index (χ4v) is 3.58. The predicted molar refractivity (Wildman–Crippen MR) is 109 cm³/mol. The Bertz CT molecular complexity index is 980. The summed E-state index contributed by atoms with van der Waals surface area (Å²) in [4.78, 5) is 28.3. The van der Waals surface area contributed by atoms with Gasteiger partial charge in [-0.05, 0) is 43.2 Å². The number of benzene rings is 2. The summed E-state index contributed by atoms with van der Waals surface area (Å²) in [5.74, 6) is -1.96. The number of ketones is 1. The van der Waals surface area contributed by atoms with Crippen LogP contribution in [0.4, 0.5) is 4.39 Å². The number of hydrogen-bond donors (Lipinski definition) is 2. The van der Waals surface area contributed by atoms with Crippen LogP contribution in [0.2, 0.25) is 0 Å². The number of aliphatic hydroxyl groups excluding tert-OH is 1. The van der Waals surface area contributed by atoms with Gasteiger partial charge in [-0.25, -0.2) is 4.39 Å². The first-order valence-electron chi connectivity index (χ1n) is 9.61. The number of aliphatic hydroxyl groups is 1. The molecule has 29 heavy (non-hydrogen) atoms. The maximum absolute atomic E-state index is 13.5. The zero-order valence-electron chi connectivity index (χ0n) is 17.1. The molecular weight excluding hydrogens is 371 g/mol. The molecule has 5 nitrogen and oxygen atoms in total. The minimum Gasteiger partial charge on any atom is -0.507 e. The Hall–Kier alpha value is -2.99. The van der Waals surface area contributed by atoms with Gasteiger partial charge in [0.15, 0.2) is 0 Å².